The number of aryl methyl sites for hydroxylation is 2. The Balaban J connectivity index is 1.46. The average molecular weight is 463 g/mol. The zero-order valence-electron chi connectivity index (χ0n) is 19.5. The fourth-order valence-corrected chi connectivity index (χ4v) is 4.30. The lowest BCUT2D eigenvalue weighted by Crippen LogP contribution is -2.44. The lowest BCUT2D eigenvalue weighted by atomic mass is 9.90. The molecule has 0 N–H and O–H groups in total. The first-order chi connectivity index (χ1) is 16.4. The number of carbonyl (C=O) groups excluding carboxylic acids is 2. The maximum atomic E-state index is 15.1. The van der Waals surface area contributed by atoms with Crippen LogP contribution >= 0.6 is 0 Å². The first kappa shape index (κ1) is 23.7. The predicted molar refractivity (Wildman–Crippen MR) is 129 cm³/mol. The fourth-order valence-electron chi connectivity index (χ4n) is 4.30. The zero-order chi connectivity index (χ0) is 24.2. The zero-order valence-corrected chi connectivity index (χ0v) is 19.5. The van der Waals surface area contributed by atoms with E-state index in [-0.39, 0.29) is 17.7 Å². The Hall–Kier alpha value is -3.41. The lowest BCUT2D eigenvalue weighted by Gasteiger charge is -2.37. The van der Waals surface area contributed by atoms with Crippen molar-refractivity contribution >= 4 is 17.4 Å². The number of aromatic nitrogens is 1. The molecule has 3 aromatic rings. The first-order valence-electron chi connectivity index (χ1n) is 11.7. The van der Waals surface area contributed by atoms with E-state index < -0.39 is 11.8 Å². The summed E-state index contributed by atoms with van der Waals surface area (Å²) in [5.74, 6) is -1.04. The van der Waals surface area contributed by atoms with Gasteiger partial charge in [-0.25, -0.2) is 9.37 Å². The molecule has 1 aliphatic rings. The normalized spacial score (nSPS) is 13.4. The largest absolute Gasteiger partial charge is 0.307 e. The highest BCUT2D eigenvalue weighted by Crippen LogP contribution is 2.34. The molecule has 0 spiro atoms. The van der Waals surface area contributed by atoms with Crippen molar-refractivity contribution in [3.8, 4) is 11.1 Å². The van der Waals surface area contributed by atoms with E-state index in [2.05, 4.69) is 4.98 Å². The van der Waals surface area contributed by atoms with E-state index in [1.54, 1.807) is 55.1 Å². The summed E-state index contributed by atoms with van der Waals surface area (Å²) in [5, 5.41) is 0. The van der Waals surface area contributed by atoms with Crippen LogP contribution in [-0.4, -0.2) is 22.7 Å². The van der Waals surface area contributed by atoms with Gasteiger partial charge in [0.2, 0.25) is 11.9 Å². The van der Waals surface area contributed by atoms with Crippen LogP contribution in [0.3, 0.4) is 0 Å². The van der Waals surface area contributed by atoms with E-state index in [1.807, 2.05) is 6.07 Å². The second-order valence-electron chi connectivity index (χ2n) is 8.75. The van der Waals surface area contributed by atoms with Gasteiger partial charge in [0.25, 0.3) is 0 Å². The van der Waals surface area contributed by atoms with Gasteiger partial charge in [0.15, 0.2) is 5.78 Å². The van der Waals surface area contributed by atoms with Crippen molar-refractivity contribution < 1.29 is 18.4 Å². The number of ketones is 1. The van der Waals surface area contributed by atoms with E-state index in [9.17, 15) is 14.0 Å². The molecular formula is C28H28F2N2O2. The number of benzene rings is 2. The smallest absolute Gasteiger partial charge is 0.227 e. The molecule has 4 rings (SSSR count). The molecule has 6 heteroatoms. The number of halogens is 2. The summed E-state index contributed by atoms with van der Waals surface area (Å²) in [6, 6.07) is 15.0. The van der Waals surface area contributed by atoms with Crippen LogP contribution in [0.25, 0.3) is 11.1 Å². The number of rotatable bonds is 8. The third-order valence-electron chi connectivity index (χ3n) is 6.54. The molecule has 1 aliphatic carbocycles. The van der Waals surface area contributed by atoms with Crippen LogP contribution in [0, 0.1) is 18.7 Å². The van der Waals surface area contributed by atoms with Crippen molar-refractivity contribution in [1.82, 2.24) is 4.98 Å². The van der Waals surface area contributed by atoms with Gasteiger partial charge >= 0.3 is 0 Å². The Labute approximate surface area is 198 Å². The van der Waals surface area contributed by atoms with Crippen molar-refractivity contribution in [3.05, 3.63) is 83.2 Å². The molecule has 34 heavy (non-hydrogen) atoms. The summed E-state index contributed by atoms with van der Waals surface area (Å²) in [6.07, 6.45) is 3.98. The molecule has 0 radical (unpaired) electrons. The summed E-state index contributed by atoms with van der Waals surface area (Å²) in [6.45, 7) is 3.52. The summed E-state index contributed by atoms with van der Waals surface area (Å²) in [7, 11) is 0. The molecule has 0 aliphatic heterocycles. The lowest BCUT2D eigenvalue weighted by molar-refractivity contribution is -0.119. The highest BCUT2D eigenvalue weighted by molar-refractivity contribution is 5.97. The molecule has 0 bridgehead atoms. The van der Waals surface area contributed by atoms with Crippen LogP contribution in [0.4, 0.5) is 14.5 Å². The van der Waals surface area contributed by atoms with E-state index in [4.69, 9.17) is 0 Å². The monoisotopic (exact) mass is 462 g/mol. The topological polar surface area (TPSA) is 50.3 Å². The van der Waals surface area contributed by atoms with E-state index in [0.717, 1.165) is 30.4 Å². The number of Topliss-reactive ketones (excluding diaryl/α,β-unsaturated/α-hetero) is 1. The minimum atomic E-state index is -0.527. The van der Waals surface area contributed by atoms with Crippen molar-refractivity contribution in [2.45, 2.75) is 58.4 Å². The maximum absolute atomic E-state index is 15.1. The third-order valence-corrected chi connectivity index (χ3v) is 6.54. The molecule has 2 aromatic carbocycles. The summed E-state index contributed by atoms with van der Waals surface area (Å²) in [5.41, 5.74) is 3.81. The average Bonchev–Trinajstić information content (AvgIpc) is 2.80. The highest BCUT2D eigenvalue weighted by atomic mass is 19.1. The second kappa shape index (κ2) is 10.2. The molecule has 0 saturated heterocycles. The molecular weight excluding hydrogens is 434 g/mol. The Bertz CT molecular complexity index is 1200. The molecule has 1 saturated carbocycles. The van der Waals surface area contributed by atoms with E-state index >= 15 is 4.39 Å². The molecule has 1 aromatic heterocycles. The highest BCUT2D eigenvalue weighted by Gasteiger charge is 2.30. The molecule has 0 unspecified atom stereocenters. The fraction of sp³-hybridized carbons (Fsp3) is 0.321. The number of hydrogen-bond acceptors (Lipinski definition) is 3. The van der Waals surface area contributed by atoms with E-state index in [0.29, 0.717) is 41.8 Å². The van der Waals surface area contributed by atoms with Gasteiger partial charge in [0.05, 0.1) is 5.69 Å². The SMILES string of the molecule is CCC(=O)N(c1ccc(-c2ccc(C(=O)CCc3ccc(F)nc3C)cc2)cc1F)C1CCC1. The van der Waals surface area contributed by atoms with E-state index in [1.165, 1.54) is 12.1 Å². The maximum Gasteiger partial charge on any atom is 0.227 e. The van der Waals surface area contributed by atoms with Crippen molar-refractivity contribution in [3.63, 3.8) is 0 Å². The molecule has 176 valence electrons. The van der Waals surface area contributed by atoms with Crippen molar-refractivity contribution in [2.24, 2.45) is 0 Å². The van der Waals surface area contributed by atoms with Crippen LogP contribution in [-0.2, 0) is 11.2 Å². The quantitative estimate of drug-likeness (QED) is 0.286. The van der Waals surface area contributed by atoms with Crippen LogP contribution < -0.4 is 4.90 Å². The van der Waals surface area contributed by atoms with Crippen LogP contribution in [0.15, 0.2) is 54.6 Å². The Morgan fingerprint density at radius 3 is 2.29 bits per heavy atom. The first-order valence-corrected chi connectivity index (χ1v) is 11.7. The Morgan fingerprint density at radius 2 is 1.71 bits per heavy atom. The van der Waals surface area contributed by atoms with Gasteiger partial charge in [0.1, 0.15) is 5.82 Å². The number of hydrogen-bond donors (Lipinski definition) is 0. The molecule has 1 amide bonds. The van der Waals surface area contributed by atoms with Crippen LogP contribution in [0.2, 0.25) is 0 Å². The minimum absolute atomic E-state index is 0.0222. The molecule has 1 fully saturated rings. The number of carbonyl (C=O) groups is 2. The van der Waals surface area contributed by atoms with Crippen LogP contribution in [0.5, 0.6) is 0 Å². The third kappa shape index (κ3) is 5.06. The predicted octanol–water partition coefficient (Wildman–Crippen LogP) is 6.45. The van der Waals surface area contributed by atoms with Gasteiger partial charge in [0, 0.05) is 30.1 Å². The van der Waals surface area contributed by atoms with Gasteiger partial charge in [-0.2, -0.15) is 4.39 Å². The molecule has 1 heterocycles. The van der Waals surface area contributed by atoms with Gasteiger partial charge < -0.3 is 4.90 Å². The number of nitrogens with zero attached hydrogens (tertiary/aromatic N) is 2. The molecule has 0 atom stereocenters. The summed E-state index contributed by atoms with van der Waals surface area (Å²) < 4.78 is 28.2. The van der Waals surface area contributed by atoms with Crippen molar-refractivity contribution in [1.29, 1.82) is 0 Å². The second-order valence-corrected chi connectivity index (χ2v) is 8.75. The van der Waals surface area contributed by atoms with Gasteiger partial charge in [-0.15, -0.1) is 0 Å². The molecule has 4 nitrogen and oxygen atoms in total. The summed E-state index contributed by atoms with van der Waals surface area (Å²) >= 11 is 0. The number of pyridine rings is 1. The minimum Gasteiger partial charge on any atom is -0.307 e. The van der Waals surface area contributed by atoms with Crippen molar-refractivity contribution in [2.75, 3.05) is 4.90 Å². The number of anilines is 1. The van der Waals surface area contributed by atoms with Crippen LogP contribution in [0.1, 0.15) is 60.6 Å². The number of amides is 1. The standard InChI is InChI=1S/C28H28F2N2O2/c1-3-28(34)32(23-5-4-6-23)25-14-11-22(17-24(25)29)20-7-9-21(10-8-20)26(33)15-12-19-13-16-27(30)31-18(19)2/h7-11,13-14,16-17,23H,3-6,12,15H2,1-2H3. The Morgan fingerprint density at radius 1 is 1.00 bits per heavy atom. The summed E-state index contributed by atoms with van der Waals surface area (Å²) in [4.78, 5) is 30.5. The van der Waals surface area contributed by atoms with Gasteiger partial charge in [-0.1, -0.05) is 43.3 Å². The van der Waals surface area contributed by atoms with Gasteiger partial charge in [-0.3, -0.25) is 9.59 Å². The van der Waals surface area contributed by atoms with Gasteiger partial charge in [-0.05, 0) is 67.5 Å². The Kier molecular flexibility index (Phi) is 7.15.